The Kier molecular flexibility index (Phi) is 5.47. The van der Waals surface area contributed by atoms with Crippen LogP contribution in [0.5, 0.6) is 0 Å². The monoisotopic (exact) mass is 363 g/mol. The number of nitrogens with one attached hydrogen (secondary N) is 2. The molecule has 1 atom stereocenters. The number of fused-ring (bicyclic) bond motifs is 1. The fourth-order valence-corrected chi connectivity index (χ4v) is 3.13. The van der Waals surface area contributed by atoms with Gasteiger partial charge in [-0.25, -0.2) is 0 Å². The molecule has 0 fully saturated rings. The summed E-state index contributed by atoms with van der Waals surface area (Å²) in [5.41, 5.74) is 1.89. The third-order valence-corrected chi connectivity index (χ3v) is 4.57. The second kappa shape index (κ2) is 7.97. The third kappa shape index (κ3) is 4.12. The van der Waals surface area contributed by atoms with Crippen LogP contribution in [0.3, 0.4) is 0 Å². The minimum absolute atomic E-state index is 0.0475. The van der Waals surface area contributed by atoms with E-state index in [4.69, 9.17) is 0 Å². The van der Waals surface area contributed by atoms with Gasteiger partial charge in [0.15, 0.2) is 0 Å². The lowest BCUT2D eigenvalue weighted by atomic mass is 10.00. The number of amides is 1. The molecule has 0 aromatic heterocycles. The largest absolute Gasteiger partial charge is 0.319 e. The second-order valence-corrected chi connectivity index (χ2v) is 6.45. The number of benzene rings is 3. The number of hydrogen-bond donors (Lipinski definition) is 2. The van der Waals surface area contributed by atoms with E-state index in [1.807, 2.05) is 31.2 Å². The lowest BCUT2D eigenvalue weighted by Crippen LogP contribution is -2.30. The van der Waals surface area contributed by atoms with Crippen LogP contribution in [-0.2, 0) is 4.79 Å². The molecule has 0 aliphatic carbocycles. The quantitative estimate of drug-likeness (QED) is 0.504. The minimum Gasteiger partial charge on any atom is -0.319 e. The summed E-state index contributed by atoms with van der Waals surface area (Å²) in [6.07, 6.45) is 0. The first kappa shape index (κ1) is 18.5. The molecule has 1 amide bonds. The summed E-state index contributed by atoms with van der Waals surface area (Å²) in [6.45, 7) is 3.77. The van der Waals surface area contributed by atoms with Gasteiger partial charge in [0, 0.05) is 12.1 Å². The number of para-hydroxylation sites is 1. The molecular formula is C21H21N3O3. The Morgan fingerprint density at radius 1 is 1.07 bits per heavy atom. The molecule has 0 aliphatic heterocycles. The summed E-state index contributed by atoms with van der Waals surface area (Å²) < 4.78 is 0. The van der Waals surface area contributed by atoms with Gasteiger partial charge in [-0.2, -0.15) is 0 Å². The Morgan fingerprint density at radius 3 is 2.56 bits per heavy atom. The standard InChI is InChI=1S/C21H21N3O3/c1-14-7-5-12-19(24(26)27)21(14)23-20(25)13-22-15(2)17-11-6-9-16-8-3-4-10-18(16)17/h3-12,15,22H,13H2,1-2H3,(H,23,25)/t15-/m0/s1. The van der Waals surface area contributed by atoms with Crippen molar-refractivity contribution in [1.29, 1.82) is 0 Å². The van der Waals surface area contributed by atoms with Crippen LogP contribution in [0, 0.1) is 17.0 Å². The molecule has 0 unspecified atom stereocenters. The van der Waals surface area contributed by atoms with Gasteiger partial charge in [-0.1, -0.05) is 54.6 Å². The van der Waals surface area contributed by atoms with Crippen molar-refractivity contribution in [3.05, 3.63) is 81.9 Å². The van der Waals surface area contributed by atoms with E-state index in [-0.39, 0.29) is 29.9 Å². The van der Waals surface area contributed by atoms with Gasteiger partial charge in [-0.05, 0) is 35.7 Å². The molecule has 0 saturated heterocycles. The highest BCUT2D eigenvalue weighted by Crippen LogP contribution is 2.27. The van der Waals surface area contributed by atoms with Crippen molar-refractivity contribution in [2.45, 2.75) is 19.9 Å². The molecule has 0 bridgehead atoms. The Balaban J connectivity index is 1.70. The van der Waals surface area contributed by atoms with Crippen molar-refractivity contribution in [2.75, 3.05) is 11.9 Å². The number of carbonyl (C=O) groups is 1. The first-order valence-electron chi connectivity index (χ1n) is 8.72. The fourth-order valence-electron chi connectivity index (χ4n) is 3.13. The summed E-state index contributed by atoms with van der Waals surface area (Å²) in [4.78, 5) is 23.0. The molecule has 138 valence electrons. The predicted octanol–water partition coefficient (Wildman–Crippen LogP) is 4.35. The van der Waals surface area contributed by atoms with Crippen molar-refractivity contribution < 1.29 is 9.72 Å². The zero-order valence-electron chi connectivity index (χ0n) is 15.2. The Labute approximate surface area is 157 Å². The van der Waals surface area contributed by atoms with Gasteiger partial charge in [-0.15, -0.1) is 0 Å². The molecule has 2 N–H and O–H groups in total. The van der Waals surface area contributed by atoms with Crippen molar-refractivity contribution >= 4 is 28.1 Å². The highest BCUT2D eigenvalue weighted by Gasteiger charge is 2.18. The van der Waals surface area contributed by atoms with Crippen LogP contribution in [0.4, 0.5) is 11.4 Å². The van der Waals surface area contributed by atoms with Gasteiger partial charge in [0.05, 0.1) is 11.5 Å². The van der Waals surface area contributed by atoms with E-state index in [0.717, 1.165) is 16.3 Å². The Hall–Kier alpha value is -3.25. The summed E-state index contributed by atoms with van der Waals surface area (Å²) in [6, 6.07) is 18.8. The number of nitrogens with zero attached hydrogens (tertiary/aromatic N) is 1. The van der Waals surface area contributed by atoms with Gasteiger partial charge in [0.25, 0.3) is 5.69 Å². The van der Waals surface area contributed by atoms with Gasteiger partial charge in [-0.3, -0.25) is 14.9 Å². The van der Waals surface area contributed by atoms with Crippen molar-refractivity contribution in [2.24, 2.45) is 0 Å². The molecular weight excluding hydrogens is 342 g/mol. The van der Waals surface area contributed by atoms with Crippen molar-refractivity contribution in [3.8, 4) is 0 Å². The molecule has 3 aromatic rings. The fraction of sp³-hybridized carbons (Fsp3) is 0.190. The van der Waals surface area contributed by atoms with Crippen LogP contribution < -0.4 is 10.6 Å². The molecule has 6 nitrogen and oxygen atoms in total. The molecule has 3 rings (SSSR count). The Bertz CT molecular complexity index is 996. The first-order chi connectivity index (χ1) is 13.0. The number of nitro benzene ring substituents is 1. The molecule has 3 aromatic carbocycles. The van der Waals surface area contributed by atoms with Crippen molar-refractivity contribution in [1.82, 2.24) is 5.32 Å². The molecule has 27 heavy (non-hydrogen) atoms. The number of anilines is 1. The molecule has 0 saturated carbocycles. The van der Waals surface area contributed by atoms with Crippen molar-refractivity contribution in [3.63, 3.8) is 0 Å². The summed E-state index contributed by atoms with van der Waals surface area (Å²) in [7, 11) is 0. The third-order valence-electron chi connectivity index (χ3n) is 4.57. The van der Waals surface area contributed by atoms with E-state index in [9.17, 15) is 14.9 Å². The SMILES string of the molecule is Cc1cccc([N+](=O)[O-])c1NC(=O)CN[C@@H](C)c1cccc2ccccc12. The smallest absolute Gasteiger partial charge is 0.293 e. The molecule has 6 heteroatoms. The van der Waals surface area contributed by atoms with E-state index in [1.165, 1.54) is 6.07 Å². The average molecular weight is 363 g/mol. The normalized spacial score (nSPS) is 11.9. The molecule has 0 radical (unpaired) electrons. The second-order valence-electron chi connectivity index (χ2n) is 6.45. The summed E-state index contributed by atoms with van der Waals surface area (Å²) in [5, 5.41) is 19.3. The summed E-state index contributed by atoms with van der Waals surface area (Å²) >= 11 is 0. The van der Waals surface area contributed by atoms with Crippen LogP contribution in [-0.4, -0.2) is 17.4 Å². The number of rotatable bonds is 6. The number of hydrogen-bond acceptors (Lipinski definition) is 4. The van der Waals surface area contributed by atoms with Crippen LogP contribution >= 0.6 is 0 Å². The number of carbonyl (C=O) groups excluding carboxylic acids is 1. The van der Waals surface area contributed by atoms with Gasteiger partial charge >= 0.3 is 0 Å². The zero-order valence-corrected chi connectivity index (χ0v) is 15.2. The topological polar surface area (TPSA) is 84.3 Å². The van der Waals surface area contributed by atoms with Crippen LogP contribution in [0.25, 0.3) is 10.8 Å². The maximum absolute atomic E-state index is 12.3. The lowest BCUT2D eigenvalue weighted by Gasteiger charge is -2.17. The van der Waals surface area contributed by atoms with E-state index < -0.39 is 4.92 Å². The molecule has 0 spiro atoms. The number of nitro groups is 1. The van der Waals surface area contributed by atoms with Crippen LogP contribution in [0.15, 0.2) is 60.7 Å². The van der Waals surface area contributed by atoms with Crippen LogP contribution in [0.2, 0.25) is 0 Å². The maximum atomic E-state index is 12.3. The average Bonchev–Trinajstić information content (AvgIpc) is 2.67. The zero-order chi connectivity index (χ0) is 19.4. The van der Waals surface area contributed by atoms with Gasteiger partial charge in [0.1, 0.15) is 5.69 Å². The molecule has 0 heterocycles. The lowest BCUT2D eigenvalue weighted by molar-refractivity contribution is -0.384. The number of aryl methyl sites for hydroxylation is 1. The predicted molar refractivity (Wildman–Crippen MR) is 107 cm³/mol. The highest BCUT2D eigenvalue weighted by molar-refractivity contribution is 5.95. The first-order valence-corrected chi connectivity index (χ1v) is 8.72. The Morgan fingerprint density at radius 2 is 1.78 bits per heavy atom. The van der Waals surface area contributed by atoms with E-state index in [1.54, 1.807) is 19.1 Å². The van der Waals surface area contributed by atoms with E-state index in [2.05, 4.69) is 28.8 Å². The minimum atomic E-state index is -0.491. The van der Waals surface area contributed by atoms with E-state index in [0.29, 0.717) is 5.56 Å². The highest BCUT2D eigenvalue weighted by atomic mass is 16.6. The van der Waals surface area contributed by atoms with Gasteiger partial charge in [0.2, 0.25) is 5.91 Å². The van der Waals surface area contributed by atoms with Gasteiger partial charge < -0.3 is 10.6 Å². The summed E-state index contributed by atoms with van der Waals surface area (Å²) in [5.74, 6) is -0.320. The maximum Gasteiger partial charge on any atom is 0.293 e. The van der Waals surface area contributed by atoms with Crippen LogP contribution in [0.1, 0.15) is 24.1 Å². The molecule has 0 aliphatic rings. The van der Waals surface area contributed by atoms with E-state index >= 15 is 0 Å².